The lowest BCUT2D eigenvalue weighted by atomic mass is 10.1. The molecule has 0 fully saturated rings. The Bertz CT molecular complexity index is 933. The summed E-state index contributed by atoms with van der Waals surface area (Å²) in [6, 6.07) is 21.2. The number of hydrogen-bond acceptors (Lipinski definition) is 3. The fourth-order valence-electron chi connectivity index (χ4n) is 2.61. The Labute approximate surface area is 165 Å². The zero-order valence-electron chi connectivity index (χ0n) is 16.1. The first-order valence-electron chi connectivity index (χ1n) is 9.32. The number of amides is 1. The molecule has 5 nitrogen and oxygen atoms in total. The summed E-state index contributed by atoms with van der Waals surface area (Å²) in [4.78, 5) is 21.5. The Morgan fingerprint density at radius 2 is 1.75 bits per heavy atom. The van der Waals surface area contributed by atoms with Gasteiger partial charge in [0.25, 0.3) is 5.91 Å². The van der Waals surface area contributed by atoms with Crippen molar-refractivity contribution in [2.75, 3.05) is 5.32 Å². The number of aliphatic imine (C=N–C) groups is 1. The highest BCUT2D eigenvalue weighted by Crippen LogP contribution is 2.09. The highest BCUT2D eigenvalue weighted by atomic mass is 16.1. The van der Waals surface area contributed by atoms with Crippen LogP contribution in [0.5, 0.6) is 0 Å². The maximum absolute atomic E-state index is 12.7. The number of aryl methyl sites for hydroxylation is 2. The predicted molar refractivity (Wildman–Crippen MR) is 113 cm³/mol. The van der Waals surface area contributed by atoms with E-state index in [-0.39, 0.29) is 5.91 Å². The second kappa shape index (κ2) is 9.46. The van der Waals surface area contributed by atoms with Crippen molar-refractivity contribution in [3.05, 3.63) is 95.3 Å². The van der Waals surface area contributed by atoms with Crippen molar-refractivity contribution in [2.24, 2.45) is 4.99 Å². The van der Waals surface area contributed by atoms with E-state index in [0.717, 1.165) is 23.4 Å². The van der Waals surface area contributed by atoms with Crippen LogP contribution in [0.25, 0.3) is 0 Å². The van der Waals surface area contributed by atoms with Gasteiger partial charge >= 0.3 is 0 Å². The maximum Gasteiger partial charge on any atom is 0.257 e. The number of nitrogens with one attached hydrogen (secondary N) is 2. The van der Waals surface area contributed by atoms with E-state index < -0.39 is 0 Å². The Morgan fingerprint density at radius 1 is 1.00 bits per heavy atom. The van der Waals surface area contributed by atoms with Crippen molar-refractivity contribution in [3.8, 4) is 0 Å². The Hall–Kier alpha value is -3.47. The number of guanidine groups is 1. The number of nitrogens with zero attached hydrogens (tertiary/aromatic N) is 2. The average molecular weight is 372 g/mol. The normalized spacial score (nSPS) is 11.1. The molecule has 142 valence electrons. The van der Waals surface area contributed by atoms with Crippen LogP contribution in [0.1, 0.15) is 34.1 Å². The van der Waals surface area contributed by atoms with Crippen LogP contribution in [0.2, 0.25) is 0 Å². The summed E-state index contributed by atoms with van der Waals surface area (Å²) in [5.41, 5.74) is 4.63. The molecule has 0 aliphatic carbocycles. The van der Waals surface area contributed by atoms with Crippen molar-refractivity contribution in [2.45, 2.75) is 26.8 Å². The maximum atomic E-state index is 12.7. The molecule has 5 heteroatoms. The molecule has 3 aromatic rings. The van der Waals surface area contributed by atoms with E-state index in [2.05, 4.69) is 27.5 Å². The van der Waals surface area contributed by atoms with Gasteiger partial charge in [-0.15, -0.1) is 0 Å². The van der Waals surface area contributed by atoms with Crippen LogP contribution in [0.15, 0.2) is 77.9 Å². The lowest BCUT2D eigenvalue weighted by molar-refractivity contribution is 0.0977. The van der Waals surface area contributed by atoms with Crippen molar-refractivity contribution in [3.63, 3.8) is 0 Å². The van der Waals surface area contributed by atoms with Gasteiger partial charge in [-0.3, -0.25) is 15.1 Å². The van der Waals surface area contributed by atoms with E-state index in [9.17, 15) is 4.79 Å². The highest BCUT2D eigenvalue weighted by molar-refractivity contribution is 6.09. The molecule has 0 spiro atoms. The fraction of sp³-hybridized carbons (Fsp3) is 0.174. The van der Waals surface area contributed by atoms with E-state index in [1.165, 1.54) is 5.56 Å². The molecule has 0 aliphatic rings. The number of hydrogen-bond donors (Lipinski definition) is 2. The van der Waals surface area contributed by atoms with E-state index in [1.807, 2.05) is 73.7 Å². The van der Waals surface area contributed by atoms with E-state index in [0.29, 0.717) is 18.1 Å². The Morgan fingerprint density at radius 3 is 2.39 bits per heavy atom. The zero-order valence-corrected chi connectivity index (χ0v) is 16.1. The number of carbonyl (C=O) groups excluding carboxylic acids is 1. The van der Waals surface area contributed by atoms with Gasteiger partial charge in [0.2, 0.25) is 5.96 Å². The molecular weight excluding hydrogens is 348 g/mol. The third-order valence-electron chi connectivity index (χ3n) is 4.30. The molecule has 1 heterocycles. The first-order valence-corrected chi connectivity index (χ1v) is 9.32. The van der Waals surface area contributed by atoms with Crippen LogP contribution in [0.3, 0.4) is 0 Å². The van der Waals surface area contributed by atoms with Gasteiger partial charge in [0.1, 0.15) is 0 Å². The van der Waals surface area contributed by atoms with Gasteiger partial charge in [-0.2, -0.15) is 0 Å². The van der Waals surface area contributed by atoms with Crippen molar-refractivity contribution < 1.29 is 4.79 Å². The zero-order chi connectivity index (χ0) is 19.8. The first kappa shape index (κ1) is 19.3. The minimum atomic E-state index is -0.206. The molecule has 0 saturated carbocycles. The van der Waals surface area contributed by atoms with Crippen molar-refractivity contribution >= 4 is 17.6 Å². The third kappa shape index (κ3) is 5.51. The summed E-state index contributed by atoms with van der Waals surface area (Å²) in [5.74, 6) is 0.182. The molecule has 28 heavy (non-hydrogen) atoms. The largest absolute Gasteiger partial charge is 0.326 e. The molecule has 0 aliphatic heterocycles. The molecule has 0 atom stereocenters. The molecule has 2 aromatic carbocycles. The minimum absolute atomic E-state index is 0.206. The van der Waals surface area contributed by atoms with Gasteiger partial charge in [0, 0.05) is 17.4 Å². The van der Waals surface area contributed by atoms with Crippen LogP contribution in [-0.4, -0.2) is 16.9 Å². The van der Waals surface area contributed by atoms with Gasteiger partial charge in [-0.1, -0.05) is 42.8 Å². The molecule has 0 unspecified atom stereocenters. The lowest BCUT2D eigenvalue weighted by Gasteiger charge is -2.12. The van der Waals surface area contributed by atoms with E-state index >= 15 is 0 Å². The second-order valence-corrected chi connectivity index (χ2v) is 6.48. The Balaban J connectivity index is 1.77. The van der Waals surface area contributed by atoms with Crippen LogP contribution in [0, 0.1) is 6.92 Å². The Kier molecular flexibility index (Phi) is 6.52. The van der Waals surface area contributed by atoms with Crippen LogP contribution < -0.4 is 10.6 Å². The van der Waals surface area contributed by atoms with Gasteiger partial charge in [0.15, 0.2) is 0 Å². The van der Waals surface area contributed by atoms with Gasteiger partial charge in [-0.25, -0.2) is 4.99 Å². The summed E-state index contributed by atoms with van der Waals surface area (Å²) < 4.78 is 0. The smallest absolute Gasteiger partial charge is 0.257 e. The SMILES string of the molecule is CCc1ccc(C(=O)NC(=NCc2ccccn2)Nc2ccc(C)cc2)cc1. The summed E-state index contributed by atoms with van der Waals surface area (Å²) in [7, 11) is 0. The third-order valence-corrected chi connectivity index (χ3v) is 4.30. The number of rotatable bonds is 5. The monoisotopic (exact) mass is 372 g/mol. The molecular formula is C23H24N4O. The molecule has 2 N–H and O–H groups in total. The molecule has 0 saturated heterocycles. The predicted octanol–water partition coefficient (Wildman–Crippen LogP) is 4.35. The molecule has 3 rings (SSSR count). The number of carbonyl (C=O) groups is 1. The highest BCUT2D eigenvalue weighted by Gasteiger charge is 2.09. The molecule has 1 amide bonds. The van der Waals surface area contributed by atoms with E-state index in [4.69, 9.17) is 0 Å². The average Bonchev–Trinajstić information content (AvgIpc) is 2.74. The summed E-state index contributed by atoms with van der Waals surface area (Å²) in [6.45, 7) is 4.48. The second-order valence-electron chi connectivity index (χ2n) is 6.48. The van der Waals surface area contributed by atoms with Crippen molar-refractivity contribution in [1.82, 2.24) is 10.3 Å². The number of benzene rings is 2. The number of pyridine rings is 1. The summed E-state index contributed by atoms with van der Waals surface area (Å²) in [5, 5.41) is 6.07. The number of anilines is 1. The van der Waals surface area contributed by atoms with Crippen LogP contribution >= 0.6 is 0 Å². The van der Waals surface area contributed by atoms with E-state index in [1.54, 1.807) is 6.20 Å². The van der Waals surface area contributed by atoms with Crippen LogP contribution in [-0.2, 0) is 13.0 Å². The molecule has 0 radical (unpaired) electrons. The minimum Gasteiger partial charge on any atom is -0.326 e. The topological polar surface area (TPSA) is 66.4 Å². The lowest BCUT2D eigenvalue weighted by Crippen LogP contribution is -2.36. The van der Waals surface area contributed by atoms with Crippen LogP contribution in [0.4, 0.5) is 5.69 Å². The first-order chi connectivity index (χ1) is 13.6. The molecule has 0 bridgehead atoms. The standard InChI is InChI=1S/C23H24N4O/c1-3-18-9-11-19(12-10-18)22(28)27-23(25-16-21-6-4-5-15-24-21)26-20-13-7-17(2)8-14-20/h4-15H,3,16H2,1-2H3,(H2,25,26,27,28). The van der Waals surface area contributed by atoms with Crippen molar-refractivity contribution in [1.29, 1.82) is 0 Å². The van der Waals surface area contributed by atoms with Gasteiger partial charge < -0.3 is 5.32 Å². The molecule has 1 aromatic heterocycles. The fourth-order valence-corrected chi connectivity index (χ4v) is 2.61. The summed E-state index contributed by atoms with van der Waals surface area (Å²) in [6.07, 6.45) is 2.67. The summed E-state index contributed by atoms with van der Waals surface area (Å²) >= 11 is 0. The quantitative estimate of drug-likeness (QED) is 0.517. The van der Waals surface area contributed by atoms with Gasteiger partial charge in [-0.05, 0) is 55.3 Å². The van der Waals surface area contributed by atoms with Gasteiger partial charge in [0.05, 0.1) is 12.2 Å². The number of aromatic nitrogens is 1.